The van der Waals surface area contributed by atoms with Gasteiger partial charge >= 0.3 is 0 Å². The fraction of sp³-hybridized carbons (Fsp3) is 0.367. The van der Waals surface area contributed by atoms with E-state index in [1.54, 1.807) is 12.1 Å². The van der Waals surface area contributed by atoms with Crippen molar-refractivity contribution >= 4 is 43.7 Å². The highest BCUT2D eigenvalue weighted by Crippen LogP contribution is 2.53. The van der Waals surface area contributed by atoms with Crippen LogP contribution >= 0.6 is 22.9 Å². The molecule has 0 saturated carbocycles. The molecule has 2 saturated heterocycles. The molecule has 14 heteroatoms. The van der Waals surface area contributed by atoms with Crippen molar-refractivity contribution < 1.29 is 27.8 Å². The van der Waals surface area contributed by atoms with Gasteiger partial charge in [0.05, 0.1) is 26.4 Å². The zero-order valence-corrected chi connectivity index (χ0v) is 24.6. The quantitative estimate of drug-likeness (QED) is 0.222. The van der Waals surface area contributed by atoms with E-state index in [0.717, 1.165) is 30.7 Å². The Balaban J connectivity index is 1.26. The number of nitrogens with one attached hydrogen (secondary N) is 2. The van der Waals surface area contributed by atoms with Gasteiger partial charge < -0.3 is 30.2 Å². The van der Waals surface area contributed by atoms with E-state index in [9.17, 15) is 19.1 Å². The first-order valence-corrected chi connectivity index (χ1v) is 15.4. The fourth-order valence-corrected chi connectivity index (χ4v) is 8.65. The number of rotatable bonds is 4. The molecule has 4 aliphatic rings. The van der Waals surface area contributed by atoms with Crippen LogP contribution in [0.15, 0.2) is 30.5 Å². The van der Waals surface area contributed by atoms with E-state index in [2.05, 4.69) is 15.5 Å². The van der Waals surface area contributed by atoms with Crippen LogP contribution < -0.4 is 25.8 Å². The minimum atomic E-state index is -2.10. The summed E-state index contributed by atoms with van der Waals surface area (Å²) in [5, 5.41) is 27.0. The lowest BCUT2D eigenvalue weighted by atomic mass is 9.95. The van der Waals surface area contributed by atoms with Crippen molar-refractivity contribution in [2.24, 2.45) is 0 Å². The number of benzene rings is 2. The number of ether oxygens (including phenoxy) is 2. The van der Waals surface area contributed by atoms with Crippen molar-refractivity contribution in [3.63, 3.8) is 0 Å². The second-order valence-corrected chi connectivity index (χ2v) is 13.1. The molecule has 44 heavy (non-hydrogen) atoms. The molecule has 4 aromatic rings. The number of thiophene rings is 1. The van der Waals surface area contributed by atoms with Gasteiger partial charge in [0.25, 0.3) is 6.36 Å². The van der Waals surface area contributed by atoms with Gasteiger partial charge in [0.15, 0.2) is 17.9 Å². The number of hydrogen-bond donors (Lipinski definition) is 4. The molecular weight excluding hydrogens is 617 g/mol. The molecule has 0 spiro atoms. The van der Waals surface area contributed by atoms with Crippen molar-refractivity contribution in [2.45, 2.75) is 49.8 Å². The lowest BCUT2D eigenvalue weighted by Gasteiger charge is -2.34. The SMILES string of the molecule is N#Cc1c(N)sc2c(F)ccc(-c3c(Cl)cn4c3C(F)Oc3c(OC[C@@]56CCCN5C[C@H](F)C6)ccc5c3[C@H]4N[C@@H](O)N5)c12. The van der Waals surface area contributed by atoms with Crippen LogP contribution in [0.4, 0.5) is 23.9 Å². The summed E-state index contributed by atoms with van der Waals surface area (Å²) in [5.74, 6) is -0.171. The number of alkyl halides is 2. The molecule has 6 heterocycles. The number of fused-ring (bicyclic) bond motifs is 4. The highest BCUT2D eigenvalue weighted by molar-refractivity contribution is 7.23. The summed E-state index contributed by atoms with van der Waals surface area (Å²) in [6, 6.07) is 8.06. The summed E-state index contributed by atoms with van der Waals surface area (Å²) in [4.78, 5) is 2.13. The maximum Gasteiger partial charge on any atom is 0.279 e. The van der Waals surface area contributed by atoms with Gasteiger partial charge in [-0.25, -0.2) is 14.1 Å². The zero-order chi connectivity index (χ0) is 30.5. The molecule has 9 nitrogen and oxygen atoms in total. The summed E-state index contributed by atoms with van der Waals surface area (Å²) in [7, 11) is 0. The van der Waals surface area contributed by atoms with Crippen LogP contribution in [-0.4, -0.2) is 52.3 Å². The molecule has 2 fully saturated rings. The van der Waals surface area contributed by atoms with Crippen LogP contribution in [0.5, 0.6) is 11.5 Å². The molecule has 0 radical (unpaired) electrons. The van der Waals surface area contributed by atoms with E-state index in [1.165, 1.54) is 22.9 Å². The number of nitrogens with zero attached hydrogens (tertiary/aromatic N) is 3. The van der Waals surface area contributed by atoms with Gasteiger partial charge in [-0.3, -0.25) is 4.90 Å². The minimum Gasteiger partial charge on any atom is -0.488 e. The van der Waals surface area contributed by atoms with Gasteiger partial charge in [-0.1, -0.05) is 17.7 Å². The molecule has 5 N–H and O–H groups in total. The molecule has 5 atom stereocenters. The molecular formula is C30H26ClF3N6O3S. The van der Waals surface area contributed by atoms with Gasteiger partial charge in [-0.15, -0.1) is 11.3 Å². The van der Waals surface area contributed by atoms with Gasteiger partial charge in [0.1, 0.15) is 41.5 Å². The number of hydrogen-bond acceptors (Lipinski definition) is 9. The maximum absolute atomic E-state index is 16.6. The molecule has 228 valence electrons. The number of aromatic nitrogens is 1. The fourth-order valence-electron chi connectivity index (χ4n) is 7.40. The van der Waals surface area contributed by atoms with Gasteiger partial charge in [0, 0.05) is 35.8 Å². The summed E-state index contributed by atoms with van der Waals surface area (Å²) >= 11 is 7.71. The van der Waals surface area contributed by atoms with E-state index in [1.807, 2.05) is 6.07 Å². The van der Waals surface area contributed by atoms with Crippen LogP contribution in [-0.2, 0) is 0 Å². The number of aliphatic hydroxyl groups is 1. The Labute approximate surface area is 258 Å². The Morgan fingerprint density at radius 2 is 2.14 bits per heavy atom. The van der Waals surface area contributed by atoms with Gasteiger partial charge in [0.2, 0.25) is 0 Å². The van der Waals surface area contributed by atoms with E-state index in [-0.39, 0.29) is 55.0 Å². The van der Waals surface area contributed by atoms with Crippen LogP contribution in [0.1, 0.15) is 48.6 Å². The summed E-state index contributed by atoms with van der Waals surface area (Å²) in [6.07, 6.45) is -1.46. The van der Waals surface area contributed by atoms with E-state index >= 15 is 4.39 Å². The third-order valence-corrected chi connectivity index (χ3v) is 10.6. The van der Waals surface area contributed by atoms with E-state index in [0.29, 0.717) is 29.8 Å². The predicted octanol–water partition coefficient (Wildman–Crippen LogP) is 5.77. The lowest BCUT2D eigenvalue weighted by molar-refractivity contribution is 0.0559. The van der Waals surface area contributed by atoms with Crippen molar-refractivity contribution in [1.29, 1.82) is 5.26 Å². The van der Waals surface area contributed by atoms with Crippen LogP contribution in [0, 0.1) is 17.1 Å². The lowest BCUT2D eigenvalue weighted by Crippen LogP contribution is -2.45. The van der Waals surface area contributed by atoms with E-state index in [4.69, 9.17) is 26.8 Å². The number of anilines is 2. The number of aliphatic hydroxyl groups excluding tert-OH is 1. The molecule has 2 aromatic heterocycles. The molecule has 2 aromatic carbocycles. The van der Waals surface area contributed by atoms with Gasteiger partial charge in [-0.05, 0) is 43.1 Å². The summed E-state index contributed by atoms with van der Waals surface area (Å²) in [6.45, 7) is 1.38. The molecule has 8 rings (SSSR count). The number of nitriles is 1. The molecule has 0 amide bonds. The Hall–Kier alpha value is -3.67. The predicted molar refractivity (Wildman–Crippen MR) is 160 cm³/mol. The number of nitrogens with two attached hydrogens (primary N) is 1. The Morgan fingerprint density at radius 1 is 1.30 bits per heavy atom. The topological polar surface area (TPSA) is 121 Å². The Bertz CT molecular complexity index is 1890. The number of halogens is 4. The Kier molecular flexibility index (Phi) is 6.28. The highest BCUT2D eigenvalue weighted by atomic mass is 35.5. The standard InChI is InChI=1S/C30H26ClF3N6O3S/c31-16-11-40-23(21(16)14-2-3-17(33)25-20(14)15(9-35)27(36)44-25)26(34)43-24-19(5-4-18-22(24)28(40)38-29(41)37-18)42-12-30-6-1-7-39(30)10-13(32)8-30/h2-5,11,13,26,28-29,37-38,41H,1,6-8,10,12,36H2/t13-,26?,28+,29+,30+/m1/s1. The van der Waals surface area contributed by atoms with Crippen molar-refractivity contribution in [2.75, 3.05) is 30.7 Å². The van der Waals surface area contributed by atoms with Crippen LogP contribution in [0.3, 0.4) is 0 Å². The maximum atomic E-state index is 16.6. The third kappa shape index (κ3) is 3.95. The second-order valence-electron chi connectivity index (χ2n) is 11.7. The largest absolute Gasteiger partial charge is 0.488 e. The van der Waals surface area contributed by atoms with Crippen molar-refractivity contribution in [1.82, 2.24) is 14.8 Å². The minimum absolute atomic E-state index is 0.00658. The molecule has 4 aliphatic heterocycles. The summed E-state index contributed by atoms with van der Waals surface area (Å²) < 4.78 is 59.9. The van der Waals surface area contributed by atoms with Crippen molar-refractivity contribution in [3.05, 3.63) is 58.1 Å². The molecule has 0 bridgehead atoms. The second kappa shape index (κ2) is 9.92. The first-order chi connectivity index (χ1) is 21.2. The monoisotopic (exact) mass is 642 g/mol. The molecule has 0 aliphatic carbocycles. The first-order valence-electron chi connectivity index (χ1n) is 14.2. The highest BCUT2D eigenvalue weighted by Gasteiger charge is 2.50. The first kappa shape index (κ1) is 27.8. The smallest absolute Gasteiger partial charge is 0.279 e. The average molecular weight is 643 g/mol. The normalized spacial score (nSPS) is 27.2. The van der Waals surface area contributed by atoms with Crippen LogP contribution in [0.2, 0.25) is 5.02 Å². The molecule has 1 unspecified atom stereocenters. The van der Waals surface area contributed by atoms with Crippen molar-refractivity contribution in [3.8, 4) is 28.7 Å². The van der Waals surface area contributed by atoms with Gasteiger partial charge in [-0.2, -0.15) is 9.65 Å². The number of nitrogen functional groups attached to an aromatic ring is 1. The summed E-state index contributed by atoms with van der Waals surface area (Å²) in [5.41, 5.74) is 7.17. The third-order valence-electron chi connectivity index (χ3n) is 9.24. The Morgan fingerprint density at radius 3 is 2.95 bits per heavy atom. The zero-order valence-electron chi connectivity index (χ0n) is 23.0. The van der Waals surface area contributed by atoms with E-state index < -0.39 is 36.4 Å². The average Bonchev–Trinajstić information content (AvgIpc) is 3.69. The van der Waals surface area contributed by atoms with Crippen LogP contribution in [0.25, 0.3) is 21.2 Å².